The Bertz CT molecular complexity index is 1450. The summed E-state index contributed by atoms with van der Waals surface area (Å²) in [6, 6.07) is 13.1. The molecule has 3 aromatic rings. The maximum Gasteiger partial charge on any atom is 0.280 e. The SMILES string of the molecule is CC1=NN(c2ccccc2)C(=O)C1N=Nc1ccc2c(c1)SC(c1scc(C)c1C)NS2(=O)=O. The Morgan fingerprint density at radius 3 is 2.56 bits per heavy atom. The van der Waals surface area contributed by atoms with Gasteiger partial charge in [-0.15, -0.1) is 11.3 Å². The van der Waals surface area contributed by atoms with E-state index in [1.54, 1.807) is 42.5 Å². The average Bonchev–Trinajstić information content (AvgIpc) is 3.30. The predicted octanol–water partition coefficient (Wildman–Crippen LogP) is 5.32. The highest BCUT2D eigenvalue weighted by atomic mass is 32.2. The van der Waals surface area contributed by atoms with Crippen LogP contribution in [0.25, 0.3) is 0 Å². The minimum absolute atomic E-state index is 0.212. The quantitative estimate of drug-likeness (QED) is 0.479. The molecule has 8 nitrogen and oxygen atoms in total. The third-order valence-corrected chi connectivity index (χ3v) is 10.0. The number of anilines is 1. The number of aryl methyl sites for hydroxylation is 1. The van der Waals surface area contributed by atoms with Gasteiger partial charge in [-0.2, -0.15) is 25.1 Å². The number of benzene rings is 2. The third kappa shape index (κ3) is 4.09. The fraction of sp³-hybridized carbons (Fsp3) is 0.217. The minimum atomic E-state index is -3.67. The first-order chi connectivity index (χ1) is 16.2. The second-order valence-electron chi connectivity index (χ2n) is 8.00. The van der Waals surface area contributed by atoms with E-state index < -0.39 is 21.4 Å². The number of carbonyl (C=O) groups excluding carboxylic acids is 1. The van der Waals surface area contributed by atoms with E-state index in [0.717, 1.165) is 16.0 Å². The van der Waals surface area contributed by atoms with Crippen molar-refractivity contribution in [1.82, 2.24) is 4.72 Å². The zero-order valence-electron chi connectivity index (χ0n) is 18.6. The summed E-state index contributed by atoms with van der Waals surface area (Å²) in [5.74, 6) is -0.282. The molecule has 1 N–H and O–H groups in total. The summed E-state index contributed by atoms with van der Waals surface area (Å²) < 4.78 is 28.5. The van der Waals surface area contributed by atoms with Crippen LogP contribution in [0.5, 0.6) is 0 Å². The number of hydrazone groups is 1. The number of thioether (sulfide) groups is 1. The highest BCUT2D eigenvalue weighted by Gasteiger charge is 2.35. The Kier molecular flexibility index (Phi) is 5.88. The van der Waals surface area contributed by atoms with E-state index in [2.05, 4.69) is 20.1 Å². The molecule has 11 heteroatoms. The summed E-state index contributed by atoms with van der Waals surface area (Å²) in [6.07, 6.45) is 0. The van der Waals surface area contributed by atoms with Crippen molar-refractivity contribution in [2.75, 3.05) is 5.01 Å². The summed E-state index contributed by atoms with van der Waals surface area (Å²) in [5, 5.41) is 15.8. The van der Waals surface area contributed by atoms with Gasteiger partial charge in [-0.1, -0.05) is 30.0 Å². The van der Waals surface area contributed by atoms with Gasteiger partial charge in [0.25, 0.3) is 5.91 Å². The van der Waals surface area contributed by atoms with E-state index in [1.807, 2.05) is 37.4 Å². The molecular formula is C23H21N5O3S3. The van der Waals surface area contributed by atoms with Crippen molar-refractivity contribution in [3.63, 3.8) is 0 Å². The van der Waals surface area contributed by atoms with Crippen LogP contribution in [0.4, 0.5) is 11.4 Å². The fourth-order valence-electron chi connectivity index (χ4n) is 3.68. The lowest BCUT2D eigenvalue weighted by atomic mass is 10.2. The Morgan fingerprint density at radius 2 is 1.85 bits per heavy atom. The Morgan fingerprint density at radius 1 is 1.09 bits per heavy atom. The van der Waals surface area contributed by atoms with Gasteiger partial charge in [0.05, 0.1) is 22.0 Å². The average molecular weight is 512 g/mol. The topological polar surface area (TPSA) is 104 Å². The predicted molar refractivity (Wildman–Crippen MR) is 134 cm³/mol. The van der Waals surface area contributed by atoms with Crippen LogP contribution in [0.2, 0.25) is 0 Å². The van der Waals surface area contributed by atoms with Crippen LogP contribution in [-0.2, 0) is 14.8 Å². The highest BCUT2D eigenvalue weighted by molar-refractivity contribution is 8.02. The summed E-state index contributed by atoms with van der Waals surface area (Å²) in [4.78, 5) is 14.6. The lowest BCUT2D eigenvalue weighted by Gasteiger charge is -2.25. The fourth-order valence-corrected chi connectivity index (χ4v) is 8.13. The van der Waals surface area contributed by atoms with Gasteiger partial charge in [0.15, 0.2) is 6.04 Å². The summed E-state index contributed by atoms with van der Waals surface area (Å²) >= 11 is 2.97. The molecule has 0 saturated heterocycles. The number of sulfonamides is 1. The summed E-state index contributed by atoms with van der Waals surface area (Å²) in [7, 11) is -3.67. The van der Waals surface area contributed by atoms with Crippen LogP contribution >= 0.6 is 23.1 Å². The van der Waals surface area contributed by atoms with E-state index in [9.17, 15) is 13.2 Å². The smallest absolute Gasteiger partial charge is 0.269 e. The van der Waals surface area contributed by atoms with Gasteiger partial charge in [0.2, 0.25) is 10.0 Å². The van der Waals surface area contributed by atoms with Crippen LogP contribution in [0.1, 0.15) is 28.3 Å². The Labute approximate surface area is 205 Å². The van der Waals surface area contributed by atoms with Crippen molar-refractivity contribution in [3.8, 4) is 0 Å². The normalized spacial score (nSPS) is 21.7. The van der Waals surface area contributed by atoms with Gasteiger partial charge < -0.3 is 0 Å². The van der Waals surface area contributed by atoms with Crippen LogP contribution in [-0.4, -0.2) is 26.1 Å². The van der Waals surface area contributed by atoms with Crippen molar-refractivity contribution in [2.24, 2.45) is 15.3 Å². The van der Waals surface area contributed by atoms with Gasteiger partial charge >= 0.3 is 0 Å². The number of hydrogen-bond acceptors (Lipinski definition) is 8. The molecule has 0 bridgehead atoms. The molecular weight excluding hydrogens is 490 g/mol. The Balaban J connectivity index is 1.41. The van der Waals surface area contributed by atoms with Crippen molar-refractivity contribution < 1.29 is 13.2 Å². The molecule has 3 heterocycles. The number of thiophene rings is 1. The van der Waals surface area contributed by atoms with Crippen molar-refractivity contribution >= 4 is 56.1 Å². The molecule has 2 aliphatic heterocycles. The standard InChI is InChI=1S/C23H21N5O3S3/c1-13-12-32-21(14(13)2)22-27-34(30,31)19-10-9-16(11-18(19)33-22)24-25-20-15(3)26-28(23(20)29)17-7-5-4-6-8-17/h4-12,20,22,27H,1-3H3. The molecule has 1 amide bonds. The molecule has 0 aliphatic carbocycles. The van der Waals surface area contributed by atoms with Crippen LogP contribution < -0.4 is 9.73 Å². The molecule has 1 aromatic heterocycles. The third-order valence-electron chi connectivity index (χ3n) is 5.67. The summed E-state index contributed by atoms with van der Waals surface area (Å²) in [5.41, 5.74) is 3.90. The molecule has 0 saturated carbocycles. The molecule has 2 unspecified atom stereocenters. The van der Waals surface area contributed by atoms with Crippen LogP contribution in [0.15, 0.2) is 79.0 Å². The first kappa shape index (κ1) is 22.9. The van der Waals surface area contributed by atoms with E-state index in [0.29, 0.717) is 22.0 Å². The van der Waals surface area contributed by atoms with Crippen LogP contribution in [0, 0.1) is 13.8 Å². The number of para-hydroxylation sites is 1. The molecule has 2 aromatic carbocycles. The molecule has 34 heavy (non-hydrogen) atoms. The van der Waals surface area contributed by atoms with E-state index in [1.165, 1.54) is 22.8 Å². The van der Waals surface area contributed by atoms with E-state index in [-0.39, 0.29) is 10.8 Å². The number of hydrogen-bond donors (Lipinski definition) is 1. The largest absolute Gasteiger partial charge is 0.280 e. The van der Waals surface area contributed by atoms with E-state index in [4.69, 9.17) is 0 Å². The number of carbonyl (C=O) groups is 1. The zero-order chi connectivity index (χ0) is 24.0. The number of azo groups is 1. The molecule has 5 rings (SSSR count). The lowest BCUT2D eigenvalue weighted by Crippen LogP contribution is -2.30. The number of nitrogens with zero attached hydrogens (tertiary/aromatic N) is 4. The Hall–Kier alpha value is -2.86. The van der Waals surface area contributed by atoms with Crippen LogP contribution in [0.3, 0.4) is 0 Å². The maximum atomic E-state index is 12.9. The van der Waals surface area contributed by atoms with Gasteiger partial charge in [-0.25, -0.2) is 8.42 Å². The monoisotopic (exact) mass is 511 g/mol. The lowest BCUT2D eigenvalue weighted by molar-refractivity contribution is -0.117. The minimum Gasteiger partial charge on any atom is -0.269 e. The molecule has 2 atom stereocenters. The second kappa shape index (κ2) is 8.73. The van der Waals surface area contributed by atoms with Crippen molar-refractivity contribution in [1.29, 1.82) is 0 Å². The number of amides is 1. The van der Waals surface area contributed by atoms with Crippen molar-refractivity contribution in [3.05, 3.63) is 69.9 Å². The second-order valence-corrected chi connectivity index (χ2v) is 11.7. The first-order valence-electron chi connectivity index (χ1n) is 10.5. The molecule has 174 valence electrons. The van der Waals surface area contributed by atoms with Gasteiger partial charge in [-0.3, -0.25) is 4.79 Å². The molecule has 0 radical (unpaired) electrons. The maximum absolute atomic E-state index is 12.9. The summed E-state index contributed by atoms with van der Waals surface area (Å²) in [6.45, 7) is 5.75. The van der Waals surface area contributed by atoms with Gasteiger partial charge in [0.1, 0.15) is 5.37 Å². The highest BCUT2D eigenvalue weighted by Crippen LogP contribution is 2.46. The van der Waals surface area contributed by atoms with Crippen molar-refractivity contribution in [2.45, 2.75) is 42.0 Å². The van der Waals surface area contributed by atoms with Gasteiger partial charge in [0, 0.05) is 9.77 Å². The first-order valence-corrected chi connectivity index (χ1v) is 13.7. The number of fused-ring (bicyclic) bond motifs is 1. The molecule has 0 spiro atoms. The molecule has 0 fully saturated rings. The zero-order valence-corrected chi connectivity index (χ0v) is 21.0. The number of nitrogens with one attached hydrogen (secondary N) is 1. The molecule has 2 aliphatic rings. The number of rotatable bonds is 4. The van der Waals surface area contributed by atoms with E-state index >= 15 is 0 Å². The van der Waals surface area contributed by atoms with Gasteiger partial charge in [-0.05, 0) is 67.6 Å².